The fourth-order valence-electron chi connectivity index (χ4n) is 2.28. The molecular weight excluding hydrogens is 236 g/mol. The lowest BCUT2D eigenvalue weighted by molar-refractivity contribution is -0.138. The minimum absolute atomic E-state index is 0.0599. The van der Waals surface area contributed by atoms with Crippen LogP contribution in [0.1, 0.15) is 0 Å². The molecule has 0 saturated carbocycles. The summed E-state index contributed by atoms with van der Waals surface area (Å²) < 4.78 is 5.22. The Bertz CT molecular complexity index is 317. The number of carbonyl (C=O) groups excluding carboxylic acids is 2. The number of piperazine rings is 1. The molecule has 0 aromatic heterocycles. The highest BCUT2D eigenvalue weighted by Crippen LogP contribution is 2.07. The van der Waals surface area contributed by atoms with Crippen molar-refractivity contribution in [1.82, 2.24) is 15.1 Å². The van der Waals surface area contributed by atoms with Gasteiger partial charge in [-0.05, 0) is 0 Å². The van der Waals surface area contributed by atoms with Crippen molar-refractivity contribution in [2.24, 2.45) is 5.73 Å². The van der Waals surface area contributed by atoms with Crippen molar-refractivity contribution in [3.05, 3.63) is 0 Å². The third-order valence-corrected chi connectivity index (χ3v) is 3.38. The van der Waals surface area contributed by atoms with Gasteiger partial charge in [-0.3, -0.25) is 14.5 Å². The number of carbonyl (C=O) groups is 2. The van der Waals surface area contributed by atoms with Crippen molar-refractivity contribution < 1.29 is 14.3 Å². The topological polar surface area (TPSA) is 87.9 Å². The molecule has 2 aliphatic rings. The van der Waals surface area contributed by atoms with Gasteiger partial charge in [-0.2, -0.15) is 0 Å². The van der Waals surface area contributed by atoms with E-state index in [1.807, 2.05) is 9.80 Å². The molecule has 102 valence electrons. The fraction of sp³-hybridized carbons (Fsp3) is 0.818. The van der Waals surface area contributed by atoms with Crippen LogP contribution in [-0.2, 0) is 14.3 Å². The highest BCUT2D eigenvalue weighted by molar-refractivity contribution is 5.82. The van der Waals surface area contributed by atoms with Crippen LogP contribution in [0.3, 0.4) is 0 Å². The Morgan fingerprint density at radius 2 is 2.00 bits per heavy atom. The Morgan fingerprint density at radius 3 is 2.67 bits per heavy atom. The number of nitrogens with two attached hydrogens (primary N) is 1. The molecule has 7 heteroatoms. The highest BCUT2D eigenvalue weighted by atomic mass is 16.5. The summed E-state index contributed by atoms with van der Waals surface area (Å²) >= 11 is 0. The monoisotopic (exact) mass is 256 g/mol. The number of nitrogens with one attached hydrogen (secondary N) is 1. The van der Waals surface area contributed by atoms with Gasteiger partial charge in [-0.1, -0.05) is 0 Å². The Morgan fingerprint density at radius 1 is 1.28 bits per heavy atom. The van der Waals surface area contributed by atoms with Gasteiger partial charge < -0.3 is 20.7 Å². The van der Waals surface area contributed by atoms with Crippen LogP contribution in [0.25, 0.3) is 0 Å². The normalized spacial score (nSPS) is 26.0. The Labute approximate surface area is 106 Å². The van der Waals surface area contributed by atoms with E-state index in [-0.39, 0.29) is 19.1 Å². The smallest absolute Gasteiger partial charge is 0.237 e. The van der Waals surface area contributed by atoms with Crippen LogP contribution >= 0.6 is 0 Å². The van der Waals surface area contributed by atoms with Crippen LogP contribution in [0, 0.1) is 0 Å². The summed E-state index contributed by atoms with van der Waals surface area (Å²) in [6, 6.07) is -0.481. The molecule has 2 fully saturated rings. The summed E-state index contributed by atoms with van der Waals surface area (Å²) in [6.45, 7) is 4.75. The first-order chi connectivity index (χ1) is 8.68. The second kappa shape index (κ2) is 6.12. The molecule has 2 aliphatic heterocycles. The number of primary amides is 1. The second-order valence-corrected chi connectivity index (χ2v) is 4.59. The van der Waals surface area contributed by atoms with Crippen LogP contribution in [0.5, 0.6) is 0 Å². The zero-order valence-corrected chi connectivity index (χ0v) is 10.4. The average molecular weight is 256 g/mol. The SMILES string of the molecule is NC(=O)C1COCCN1CC(=O)N1CCNCC1. The molecule has 0 aliphatic carbocycles. The van der Waals surface area contributed by atoms with Gasteiger partial charge in [0, 0.05) is 32.7 Å². The van der Waals surface area contributed by atoms with E-state index in [9.17, 15) is 9.59 Å². The summed E-state index contributed by atoms with van der Waals surface area (Å²) in [5.74, 6) is -0.368. The van der Waals surface area contributed by atoms with E-state index in [2.05, 4.69) is 5.32 Å². The van der Waals surface area contributed by atoms with E-state index >= 15 is 0 Å². The zero-order chi connectivity index (χ0) is 13.0. The number of ether oxygens (including phenoxy) is 1. The summed E-state index contributed by atoms with van der Waals surface area (Å²) in [5.41, 5.74) is 5.32. The van der Waals surface area contributed by atoms with Crippen LogP contribution in [0.15, 0.2) is 0 Å². The van der Waals surface area contributed by atoms with Crippen LogP contribution in [0.4, 0.5) is 0 Å². The van der Waals surface area contributed by atoms with E-state index in [0.717, 1.165) is 26.2 Å². The summed E-state index contributed by atoms with van der Waals surface area (Å²) in [6.07, 6.45) is 0. The summed E-state index contributed by atoms with van der Waals surface area (Å²) in [5, 5.41) is 3.20. The highest BCUT2D eigenvalue weighted by Gasteiger charge is 2.30. The van der Waals surface area contributed by atoms with Crippen molar-refractivity contribution in [3.8, 4) is 0 Å². The van der Waals surface area contributed by atoms with Crippen LogP contribution in [-0.4, -0.2) is 80.1 Å². The maximum Gasteiger partial charge on any atom is 0.237 e. The molecule has 0 aromatic carbocycles. The Hall–Kier alpha value is -1.18. The first-order valence-corrected chi connectivity index (χ1v) is 6.28. The third-order valence-electron chi connectivity index (χ3n) is 3.38. The number of morpholine rings is 1. The maximum absolute atomic E-state index is 12.1. The van der Waals surface area contributed by atoms with Crippen molar-refractivity contribution >= 4 is 11.8 Å². The van der Waals surface area contributed by atoms with Gasteiger partial charge in [-0.25, -0.2) is 0 Å². The Balaban J connectivity index is 1.89. The number of hydrogen-bond acceptors (Lipinski definition) is 5. The van der Waals surface area contributed by atoms with Crippen molar-refractivity contribution in [2.75, 3.05) is 52.5 Å². The van der Waals surface area contributed by atoms with Crippen molar-refractivity contribution in [1.29, 1.82) is 0 Å². The summed E-state index contributed by atoms with van der Waals surface area (Å²) in [4.78, 5) is 27.0. The van der Waals surface area contributed by atoms with Gasteiger partial charge in [0.15, 0.2) is 0 Å². The lowest BCUT2D eigenvalue weighted by Crippen LogP contribution is -2.56. The average Bonchev–Trinajstić information content (AvgIpc) is 2.40. The van der Waals surface area contributed by atoms with Gasteiger partial charge >= 0.3 is 0 Å². The van der Waals surface area contributed by atoms with Crippen LogP contribution in [0.2, 0.25) is 0 Å². The Kier molecular flexibility index (Phi) is 4.51. The van der Waals surface area contributed by atoms with Crippen LogP contribution < -0.4 is 11.1 Å². The fourth-order valence-corrected chi connectivity index (χ4v) is 2.28. The molecule has 2 rings (SSSR count). The predicted octanol–water partition coefficient (Wildman–Crippen LogP) is -2.40. The van der Waals surface area contributed by atoms with E-state index in [0.29, 0.717) is 13.2 Å². The standard InChI is InChI=1S/C11H20N4O3/c12-11(17)9-8-18-6-5-15(9)7-10(16)14-3-1-13-2-4-14/h9,13H,1-8H2,(H2,12,17). The second-order valence-electron chi connectivity index (χ2n) is 4.59. The maximum atomic E-state index is 12.1. The molecule has 1 unspecified atom stereocenters. The minimum atomic E-state index is -0.481. The molecule has 0 aromatic rings. The van der Waals surface area contributed by atoms with Crippen molar-refractivity contribution in [3.63, 3.8) is 0 Å². The molecule has 1 atom stereocenters. The van der Waals surface area contributed by atoms with Gasteiger partial charge in [-0.15, -0.1) is 0 Å². The zero-order valence-electron chi connectivity index (χ0n) is 10.4. The molecule has 0 radical (unpaired) electrons. The minimum Gasteiger partial charge on any atom is -0.378 e. The molecule has 2 amide bonds. The number of nitrogens with zero attached hydrogens (tertiary/aromatic N) is 2. The molecule has 2 heterocycles. The molecule has 3 N–H and O–H groups in total. The van der Waals surface area contributed by atoms with E-state index in [4.69, 9.17) is 10.5 Å². The predicted molar refractivity (Wildman–Crippen MR) is 64.8 cm³/mol. The molecular formula is C11H20N4O3. The lowest BCUT2D eigenvalue weighted by atomic mass is 10.2. The molecule has 0 bridgehead atoms. The number of hydrogen-bond donors (Lipinski definition) is 2. The first-order valence-electron chi connectivity index (χ1n) is 6.28. The van der Waals surface area contributed by atoms with E-state index < -0.39 is 11.9 Å². The molecule has 7 nitrogen and oxygen atoms in total. The van der Waals surface area contributed by atoms with E-state index in [1.54, 1.807) is 0 Å². The quantitative estimate of drug-likeness (QED) is 0.588. The van der Waals surface area contributed by atoms with Gasteiger partial charge in [0.05, 0.1) is 19.8 Å². The molecule has 0 spiro atoms. The molecule has 18 heavy (non-hydrogen) atoms. The number of rotatable bonds is 3. The van der Waals surface area contributed by atoms with Gasteiger partial charge in [0.25, 0.3) is 0 Å². The third kappa shape index (κ3) is 3.18. The van der Waals surface area contributed by atoms with E-state index in [1.165, 1.54) is 0 Å². The van der Waals surface area contributed by atoms with Crippen molar-refractivity contribution in [2.45, 2.75) is 6.04 Å². The van der Waals surface area contributed by atoms with Gasteiger partial charge in [0.1, 0.15) is 6.04 Å². The largest absolute Gasteiger partial charge is 0.378 e. The summed E-state index contributed by atoms with van der Waals surface area (Å²) in [7, 11) is 0. The lowest BCUT2D eigenvalue weighted by Gasteiger charge is -2.35. The first kappa shape index (κ1) is 13.3. The number of amides is 2. The van der Waals surface area contributed by atoms with Gasteiger partial charge in [0.2, 0.25) is 11.8 Å². The molecule has 2 saturated heterocycles.